The van der Waals surface area contributed by atoms with Gasteiger partial charge in [0.05, 0.1) is 6.61 Å². The summed E-state index contributed by atoms with van der Waals surface area (Å²) in [6.07, 6.45) is 4.15. The minimum Gasteiger partial charge on any atom is -0.464 e. The number of thiophene rings is 1. The number of ether oxygens (including phenoxy) is 1. The Labute approximate surface area is 149 Å². The Morgan fingerprint density at radius 1 is 1.29 bits per heavy atom. The van der Waals surface area contributed by atoms with Crippen LogP contribution in [-0.4, -0.2) is 29.0 Å². The number of rotatable bonds is 5. The Balaban J connectivity index is 1.77. The fraction of sp³-hybridized carbons (Fsp3) is 0.471. The summed E-state index contributed by atoms with van der Waals surface area (Å²) >= 11 is 3.03. The topological polar surface area (TPSA) is 68.3 Å². The summed E-state index contributed by atoms with van der Waals surface area (Å²) in [5.74, 6) is -0.631. The highest BCUT2D eigenvalue weighted by Gasteiger charge is 2.42. The number of amides is 1. The molecule has 0 aromatic carbocycles. The largest absolute Gasteiger partial charge is 0.464 e. The number of carbonyl (C=O) groups excluding carboxylic acids is 2. The summed E-state index contributed by atoms with van der Waals surface area (Å²) in [6.45, 7) is 2.10. The highest BCUT2D eigenvalue weighted by atomic mass is 32.1. The van der Waals surface area contributed by atoms with Gasteiger partial charge in [-0.3, -0.25) is 4.79 Å². The van der Waals surface area contributed by atoms with Crippen LogP contribution < -0.4 is 5.32 Å². The number of hydrogen-bond donors (Lipinski definition) is 1. The molecule has 1 aliphatic carbocycles. The summed E-state index contributed by atoms with van der Waals surface area (Å²) in [7, 11) is 0. The second kappa shape index (κ2) is 7.44. The van der Waals surface area contributed by atoms with E-state index in [2.05, 4.69) is 10.3 Å². The number of carbonyl (C=O) groups is 2. The third kappa shape index (κ3) is 3.52. The SMILES string of the molecule is CCOC(=O)C1(NC(=O)c2csc(-c3ccsc3)n2)CCCCC1. The molecule has 24 heavy (non-hydrogen) atoms. The van der Waals surface area contributed by atoms with Gasteiger partial charge in [-0.15, -0.1) is 11.3 Å². The molecule has 3 rings (SSSR count). The van der Waals surface area contributed by atoms with Crippen LogP contribution in [0.1, 0.15) is 49.5 Å². The van der Waals surface area contributed by atoms with Crippen molar-refractivity contribution < 1.29 is 14.3 Å². The van der Waals surface area contributed by atoms with E-state index >= 15 is 0 Å². The predicted molar refractivity (Wildman–Crippen MR) is 95.3 cm³/mol. The monoisotopic (exact) mass is 364 g/mol. The number of nitrogens with zero attached hydrogens (tertiary/aromatic N) is 1. The molecule has 0 saturated heterocycles. The molecule has 1 saturated carbocycles. The number of nitrogens with one attached hydrogen (secondary N) is 1. The van der Waals surface area contributed by atoms with Crippen LogP contribution in [0.5, 0.6) is 0 Å². The van der Waals surface area contributed by atoms with E-state index in [1.165, 1.54) is 11.3 Å². The van der Waals surface area contributed by atoms with Crippen molar-refractivity contribution in [2.24, 2.45) is 0 Å². The lowest BCUT2D eigenvalue weighted by Crippen LogP contribution is -2.56. The van der Waals surface area contributed by atoms with Crippen LogP contribution in [0.3, 0.4) is 0 Å². The van der Waals surface area contributed by atoms with Crippen molar-refractivity contribution in [1.82, 2.24) is 10.3 Å². The zero-order valence-electron chi connectivity index (χ0n) is 13.5. The zero-order valence-corrected chi connectivity index (χ0v) is 15.2. The van der Waals surface area contributed by atoms with Gasteiger partial charge in [-0.1, -0.05) is 19.3 Å². The third-order valence-corrected chi connectivity index (χ3v) is 5.81. The summed E-state index contributed by atoms with van der Waals surface area (Å²) in [5.41, 5.74) is 0.467. The standard InChI is InChI=1S/C17H20N2O3S2/c1-2-22-16(21)17(7-4-3-5-8-17)19-14(20)13-11-24-15(18-13)12-6-9-23-10-12/h6,9-11H,2-5,7-8H2,1H3,(H,19,20). The molecular formula is C17H20N2O3S2. The predicted octanol–water partition coefficient (Wildman–Crippen LogP) is 3.87. The number of aromatic nitrogens is 1. The van der Waals surface area contributed by atoms with Gasteiger partial charge in [0.15, 0.2) is 0 Å². The molecule has 1 fully saturated rings. The van der Waals surface area contributed by atoms with Gasteiger partial charge < -0.3 is 10.1 Å². The first-order chi connectivity index (χ1) is 11.6. The minimum atomic E-state index is -0.905. The van der Waals surface area contributed by atoms with E-state index in [-0.39, 0.29) is 11.9 Å². The Morgan fingerprint density at radius 2 is 2.08 bits per heavy atom. The molecule has 0 bridgehead atoms. The fourth-order valence-corrected chi connectivity index (χ4v) is 4.50. The lowest BCUT2D eigenvalue weighted by atomic mass is 9.81. The van der Waals surface area contributed by atoms with Gasteiger partial charge in [0.2, 0.25) is 0 Å². The molecule has 0 unspecified atom stereocenters. The van der Waals surface area contributed by atoms with Gasteiger partial charge in [0.25, 0.3) is 5.91 Å². The Hall–Kier alpha value is -1.73. The molecule has 128 valence electrons. The summed E-state index contributed by atoms with van der Waals surface area (Å²) in [5, 5.41) is 9.46. The number of thiazole rings is 1. The molecule has 0 atom stereocenters. The van der Waals surface area contributed by atoms with Crippen molar-refractivity contribution in [2.75, 3.05) is 6.61 Å². The van der Waals surface area contributed by atoms with Crippen molar-refractivity contribution in [1.29, 1.82) is 0 Å². The van der Waals surface area contributed by atoms with Gasteiger partial charge >= 0.3 is 5.97 Å². The molecule has 5 nitrogen and oxygen atoms in total. The van der Waals surface area contributed by atoms with E-state index in [4.69, 9.17) is 4.74 Å². The van der Waals surface area contributed by atoms with Crippen molar-refractivity contribution in [3.63, 3.8) is 0 Å². The summed E-state index contributed by atoms with van der Waals surface area (Å²) < 4.78 is 5.22. The van der Waals surface area contributed by atoms with Crippen LogP contribution in [0.15, 0.2) is 22.2 Å². The van der Waals surface area contributed by atoms with E-state index in [1.54, 1.807) is 23.6 Å². The van der Waals surface area contributed by atoms with Gasteiger partial charge in [0, 0.05) is 16.3 Å². The molecular weight excluding hydrogens is 344 g/mol. The number of hydrogen-bond acceptors (Lipinski definition) is 6. The highest BCUT2D eigenvalue weighted by Crippen LogP contribution is 2.31. The second-order valence-electron chi connectivity index (χ2n) is 5.87. The average molecular weight is 364 g/mol. The van der Waals surface area contributed by atoms with Crippen LogP contribution in [0.25, 0.3) is 10.6 Å². The molecule has 7 heteroatoms. The third-order valence-electron chi connectivity index (χ3n) is 4.23. The lowest BCUT2D eigenvalue weighted by molar-refractivity contribution is -0.152. The molecule has 0 spiro atoms. The fourth-order valence-electron chi connectivity index (χ4n) is 2.98. The molecule has 2 heterocycles. The van der Waals surface area contributed by atoms with Crippen LogP contribution in [0, 0.1) is 0 Å². The van der Waals surface area contributed by atoms with E-state index < -0.39 is 5.54 Å². The highest BCUT2D eigenvalue weighted by molar-refractivity contribution is 7.14. The Kier molecular flexibility index (Phi) is 5.30. The molecule has 1 amide bonds. The van der Waals surface area contributed by atoms with Gasteiger partial charge in [-0.25, -0.2) is 9.78 Å². The maximum Gasteiger partial charge on any atom is 0.331 e. The van der Waals surface area contributed by atoms with Crippen molar-refractivity contribution in [3.05, 3.63) is 27.9 Å². The maximum atomic E-state index is 12.6. The van der Waals surface area contributed by atoms with Gasteiger partial charge in [-0.05, 0) is 31.2 Å². The van der Waals surface area contributed by atoms with Crippen molar-refractivity contribution in [2.45, 2.75) is 44.6 Å². The van der Waals surface area contributed by atoms with Crippen LogP contribution >= 0.6 is 22.7 Å². The second-order valence-corrected chi connectivity index (χ2v) is 7.51. The molecule has 0 radical (unpaired) electrons. The van der Waals surface area contributed by atoms with Gasteiger partial charge in [-0.2, -0.15) is 11.3 Å². The quantitative estimate of drug-likeness (QED) is 0.818. The van der Waals surface area contributed by atoms with E-state index in [1.807, 2.05) is 16.8 Å². The van der Waals surface area contributed by atoms with Crippen molar-refractivity contribution in [3.8, 4) is 10.6 Å². The molecule has 2 aromatic heterocycles. The minimum absolute atomic E-state index is 0.303. The van der Waals surface area contributed by atoms with E-state index in [0.29, 0.717) is 25.1 Å². The molecule has 1 aliphatic rings. The maximum absolute atomic E-state index is 12.6. The first-order valence-corrected chi connectivity index (χ1v) is 9.95. The van der Waals surface area contributed by atoms with Crippen LogP contribution in [0.4, 0.5) is 0 Å². The lowest BCUT2D eigenvalue weighted by Gasteiger charge is -2.35. The van der Waals surface area contributed by atoms with Crippen molar-refractivity contribution >= 4 is 34.6 Å². The van der Waals surface area contributed by atoms with Gasteiger partial charge in [0.1, 0.15) is 16.2 Å². The summed E-state index contributed by atoms with van der Waals surface area (Å²) in [6, 6.07) is 1.98. The molecule has 2 aromatic rings. The molecule has 0 aliphatic heterocycles. The van der Waals surface area contributed by atoms with E-state index in [0.717, 1.165) is 29.8 Å². The van der Waals surface area contributed by atoms with Crippen LogP contribution in [-0.2, 0) is 9.53 Å². The first kappa shape index (κ1) is 17.1. The molecule has 1 N–H and O–H groups in total. The van der Waals surface area contributed by atoms with E-state index in [9.17, 15) is 9.59 Å². The summed E-state index contributed by atoms with van der Waals surface area (Å²) in [4.78, 5) is 29.5. The normalized spacial score (nSPS) is 16.5. The Morgan fingerprint density at radius 3 is 2.75 bits per heavy atom. The smallest absolute Gasteiger partial charge is 0.331 e. The average Bonchev–Trinajstić information content (AvgIpc) is 3.27. The number of esters is 1. The first-order valence-electron chi connectivity index (χ1n) is 8.12. The van der Waals surface area contributed by atoms with Crippen LogP contribution in [0.2, 0.25) is 0 Å². The zero-order chi connectivity index (χ0) is 17.0. The Bertz CT molecular complexity index is 703.